The summed E-state index contributed by atoms with van der Waals surface area (Å²) < 4.78 is 27.7. The van der Waals surface area contributed by atoms with Gasteiger partial charge in [-0.3, -0.25) is 14.7 Å². The molecule has 2 N–H and O–H groups in total. The van der Waals surface area contributed by atoms with Gasteiger partial charge in [-0.1, -0.05) is 36.4 Å². The molecule has 1 atom stereocenters. The molecule has 0 saturated heterocycles. The Kier molecular flexibility index (Phi) is 4.98. The maximum absolute atomic E-state index is 13.4. The largest absolute Gasteiger partial charge is 0.383 e. The quantitative estimate of drug-likeness (QED) is 0.613. The summed E-state index contributed by atoms with van der Waals surface area (Å²) in [4.78, 5) is 23.4. The van der Waals surface area contributed by atoms with Crippen LogP contribution in [0.4, 0.5) is 0 Å². The van der Waals surface area contributed by atoms with Crippen LogP contribution in [0.15, 0.2) is 78.0 Å². The van der Waals surface area contributed by atoms with E-state index in [9.17, 15) is 13.2 Å². The number of carbonyl (C=O) groups excluding carboxylic acids is 1. The fourth-order valence-electron chi connectivity index (χ4n) is 3.57. The first kappa shape index (κ1) is 20.5. The van der Waals surface area contributed by atoms with Gasteiger partial charge < -0.3 is 9.92 Å². The summed E-state index contributed by atoms with van der Waals surface area (Å²) >= 11 is 0. The van der Waals surface area contributed by atoms with Crippen LogP contribution in [-0.2, 0) is 20.5 Å². The Labute approximate surface area is 180 Å². The number of nitrogens with zero attached hydrogens (tertiary/aromatic N) is 3. The molecule has 0 saturated carbocycles. The molecule has 31 heavy (non-hydrogen) atoms. The summed E-state index contributed by atoms with van der Waals surface area (Å²) in [6.45, 7) is 0. The molecule has 1 amide bonds. The van der Waals surface area contributed by atoms with E-state index < -0.39 is 15.7 Å². The Morgan fingerprint density at radius 3 is 2.29 bits per heavy atom. The summed E-state index contributed by atoms with van der Waals surface area (Å²) in [6, 6.07) is 17.4. The molecule has 1 aliphatic rings. The Hall–Kier alpha value is -3.72. The van der Waals surface area contributed by atoms with Crippen molar-refractivity contribution >= 4 is 22.0 Å². The first-order chi connectivity index (χ1) is 14.7. The second kappa shape index (κ2) is 7.51. The Bertz CT molecular complexity index is 1270. The molecule has 2 aromatic carbocycles. The van der Waals surface area contributed by atoms with Gasteiger partial charge in [-0.25, -0.2) is 4.99 Å². The number of benzene rings is 2. The third-order valence-corrected chi connectivity index (χ3v) is 5.53. The fourth-order valence-corrected chi connectivity index (χ4v) is 4.03. The highest BCUT2D eigenvalue weighted by Crippen LogP contribution is 2.41. The molecule has 0 bridgehead atoms. The predicted molar refractivity (Wildman–Crippen MR) is 117 cm³/mol. The van der Waals surface area contributed by atoms with E-state index in [0.29, 0.717) is 11.1 Å². The van der Waals surface area contributed by atoms with E-state index in [4.69, 9.17) is 9.92 Å². The van der Waals surface area contributed by atoms with Crippen LogP contribution >= 0.6 is 0 Å². The number of aromatic nitrogens is 1. The van der Waals surface area contributed by atoms with Crippen molar-refractivity contribution in [2.45, 2.75) is 5.54 Å². The van der Waals surface area contributed by atoms with Crippen molar-refractivity contribution in [2.24, 2.45) is 10.7 Å². The zero-order valence-electron chi connectivity index (χ0n) is 16.9. The van der Waals surface area contributed by atoms with E-state index in [-0.39, 0.29) is 17.6 Å². The molecule has 1 aromatic heterocycles. The van der Waals surface area contributed by atoms with Crippen LogP contribution in [-0.4, -0.2) is 43.5 Å². The van der Waals surface area contributed by atoms with Crippen molar-refractivity contribution in [3.8, 4) is 16.9 Å². The van der Waals surface area contributed by atoms with Gasteiger partial charge in [-0.2, -0.15) is 8.42 Å². The van der Waals surface area contributed by atoms with Gasteiger partial charge in [-0.15, -0.1) is 0 Å². The highest BCUT2D eigenvalue weighted by atomic mass is 32.2. The van der Waals surface area contributed by atoms with E-state index in [1.807, 2.05) is 36.4 Å². The lowest BCUT2D eigenvalue weighted by Crippen LogP contribution is -2.41. The molecule has 0 radical (unpaired) electrons. The number of amides is 1. The number of rotatable bonds is 5. The number of pyridine rings is 1. The predicted octanol–water partition coefficient (Wildman–Crippen LogP) is 2.12. The van der Waals surface area contributed by atoms with Crippen molar-refractivity contribution < 1.29 is 17.4 Å². The number of guanidine groups is 1. The zero-order valence-corrected chi connectivity index (χ0v) is 17.7. The summed E-state index contributed by atoms with van der Waals surface area (Å²) in [5.41, 5.74) is 7.55. The molecular weight excluding hydrogens is 416 g/mol. The standard InChI is InChI=1S/C22H20N4O4S/c1-26-20(27)22(25-21(26)23,17-8-10-19(11-9-17)30-31(2,28)29)18-7-3-5-15(13-18)16-6-4-12-24-14-16/h3-14H,1-2H3,(H2,23,25)/t22-/m1/s1. The second-order valence-corrected chi connectivity index (χ2v) is 8.75. The maximum atomic E-state index is 13.4. The van der Waals surface area contributed by atoms with Crippen LogP contribution in [0.5, 0.6) is 5.75 Å². The molecule has 8 nitrogen and oxygen atoms in total. The van der Waals surface area contributed by atoms with Gasteiger partial charge in [0.1, 0.15) is 5.75 Å². The van der Waals surface area contributed by atoms with Gasteiger partial charge in [0.2, 0.25) is 0 Å². The Morgan fingerprint density at radius 1 is 1.00 bits per heavy atom. The highest BCUT2D eigenvalue weighted by Gasteiger charge is 2.49. The second-order valence-electron chi connectivity index (χ2n) is 7.18. The normalized spacial score (nSPS) is 18.7. The van der Waals surface area contributed by atoms with Gasteiger partial charge in [0.05, 0.1) is 6.26 Å². The fraction of sp³-hybridized carbons (Fsp3) is 0.136. The van der Waals surface area contributed by atoms with Crippen LogP contribution in [0.1, 0.15) is 11.1 Å². The van der Waals surface area contributed by atoms with Crippen LogP contribution in [0, 0.1) is 0 Å². The molecule has 9 heteroatoms. The number of carbonyl (C=O) groups is 1. The average Bonchev–Trinajstić information content (AvgIpc) is 2.99. The average molecular weight is 436 g/mol. The number of likely N-dealkylation sites (N-methyl/N-ethyl adjacent to an activating group) is 1. The maximum Gasteiger partial charge on any atom is 0.306 e. The van der Waals surface area contributed by atoms with E-state index in [1.165, 1.54) is 17.0 Å². The van der Waals surface area contributed by atoms with Crippen LogP contribution in [0.2, 0.25) is 0 Å². The third-order valence-electron chi connectivity index (χ3n) is 5.03. The van der Waals surface area contributed by atoms with Gasteiger partial charge in [-0.05, 0) is 46.5 Å². The van der Waals surface area contributed by atoms with Gasteiger partial charge in [0.15, 0.2) is 11.5 Å². The van der Waals surface area contributed by atoms with E-state index in [0.717, 1.165) is 17.4 Å². The lowest BCUT2D eigenvalue weighted by atomic mass is 9.82. The highest BCUT2D eigenvalue weighted by molar-refractivity contribution is 7.86. The first-order valence-corrected chi connectivity index (χ1v) is 11.2. The summed E-state index contributed by atoms with van der Waals surface area (Å²) in [7, 11) is -2.11. The van der Waals surface area contributed by atoms with Gasteiger partial charge in [0.25, 0.3) is 5.91 Å². The minimum absolute atomic E-state index is 0.0910. The Balaban J connectivity index is 1.86. The van der Waals surface area contributed by atoms with Gasteiger partial charge in [0, 0.05) is 19.4 Å². The van der Waals surface area contributed by atoms with Crippen molar-refractivity contribution in [3.63, 3.8) is 0 Å². The summed E-state index contributed by atoms with van der Waals surface area (Å²) in [6.07, 6.45) is 4.39. The number of hydrogen-bond acceptors (Lipinski definition) is 7. The topological polar surface area (TPSA) is 115 Å². The van der Waals surface area contributed by atoms with Crippen LogP contribution < -0.4 is 9.92 Å². The molecule has 0 fully saturated rings. The number of nitrogens with two attached hydrogens (primary N) is 1. The minimum atomic E-state index is -3.67. The molecular formula is C22H20N4O4S. The zero-order chi connectivity index (χ0) is 22.2. The molecule has 158 valence electrons. The summed E-state index contributed by atoms with van der Waals surface area (Å²) in [5.74, 6) is -0.0837. The monoisotopic (exact) mass is 436 g/mol. The lowest BCUT2D eigenvalue weighted by Gasteiger charge is -2.26. The van der Waals surface area contributed by atoms with Gasteiger partial charge >= 0.3 is 10.1 Å². The van der Waals surface area contributed by atoms with Crippen LogP contribution in [0.3, 0.4) is 0 Å². The van der Waals surface area contributed by atoms with Crippen molar-refractivity contribution in [2.75, 3.05) is 13.3 Å². The summed E-state index contributed by atoms with van der Waals surface area (Å²) in [5, 5.41) is 0. The molecule has 1 aliphatic heterocycles. The number of hydrogen-bond donors (Lipinski definition) is 1. The molecule has 4 rings (SSSR count). The first-order valence-electron chi connectivity index (χ1n) is 9.35. The third kappa shape index (κ3) is 3.75. The van der Waals surface area contributed by atoms with E-state index in [1.54, 1.807) is 31.6 Å². The minimum Gasteiger partial charge on any atom is -0.383 e. The molecule has 0 aliphatic carbocycles. The smallest absolute Gasteiger partial charge is 0.306 e. The molecule has 3 aromatic rings. The SMILES string of the molecule is CN1C(=O)[C@@](c2ccc(OS(C)(=O)=O)cc2)(c2cccc(-c3cccnc3)c2)N=C1N. The van der Waals surface area contributed by atoms with E-state index in [2.05, 4.69) is 9.98 Å². The molecule has 0 unspecified atom stereocenters. The number of aliphatic imine (C=N–C) groups is 1. The van der Waals surface area contributed by atoms with Crippen molar-refractivity contribution in [3.05, 3.63) is 84.2 Å². The van der Waals surface area contributed by atoms with Crippen LogP contribution in [0.25, 0.3) is 11.1 Å². The molecule has 0 spiro atoms. The van der Waals surface area contributed by atoms with E-state index >= 15 is 0 Å². The van der Waals surface area contributed by atoms with Crippen molar-refractivity contribution in [1.82, 2.24) is 9.88 Å². The Morgan fingerprint density at radius 2 is 1.71 bits per heavy atom. The lowest BCUT2D eigenvalue weighted by molar-refractivity contribution is -0.129. The van der Waals surface area contributed by atoms with Crippen molar-refractivity contribution in [1.29, 1.82) is 0 Å². The molecule has 2 heterocycles.